The molecule has 2 rings (SSSR count). The van der Waals surface area contributed by atoms with Crippen molar-refractivity contribution < 1.29 is 8.42 Å². The van der Waals surface area contributed by atoms with E-state index in [1.165, 1.54) is 0 Å². The number of fused-ring (bicyclic) bond motifs is 1. The van der Waals surface area contributed by atoms with E-state index in [4.69, 9.17) is 5.14 Å². The Hall–Kier alpha value is -0.620. The molecule has 4 nitrogen and oxygen atoms in total. The van der Waals surface area contributed by atoms with Crippen molar-refractivity contribution in [2.75, 3.05) is 6.54 Å². The summed E-state index contributed by atoms with van der Waals surface area (Å²) in [6.45, 7) is 0.651. The Bertz CT molecular complexity index is 447. The van der Waals surface area contributed by atoms with Crippen molar-refractivity contribution >= 4 is 22.4 Å². The molecule has 0 radical (unpaired) electrons. The zero-order valence-corrected chi connectivity index (χ0v) is 9.64. The molecular formula is C9H13ClN2O2S. The fourth-order valence-electron chi connectivity index (χ4n) is 1.76. The number of nitrogens with one attached hydrogen (secondary N) is 1. The van der Waals surface area contributed by atoms with Gasteiger partial charge in [-0.1, -0.05) is 24.3 Å². The van der Waals surface area contributed by atoms with Crippen LogP contribution in [0.15, 0.2) is 24.3 Å². The van der Waals surface area contributed by atoms with E-state index in [1.807, 2.05) is 18.2 Å². The minimum absolute atomic E-state index is 0. The fourth-order valence-corrected chi connectivity index (χ4v) is 2.69. The van der Waals surface area contributed by atoms with Gasteiger partial charge in [-0.2, -0.15) is 0 Å². The molecule has 0 aromatic heterocycles. The number of hydrogen-bond donors (Lipinski definition) is 2. The third kappa shape index (κ3) is 2.49. The van der Waals surface area contributed by atoms with Crippen LogP contribution in [0.1, 0.15) is 16.5 Å². The second-order valence-electron chi connectivity index (χ2n) is 3.37. The van der Waals surface area contributed by atoms with Gasteiger partial charge in [0.2, 0.25) is 10.0 Å². The maximum atomic E-state index is 11.3. The van der Waals surface area contributed by atoms with E-state index in [1.54, 1.807) is 6.07 Å². The van der Waals surface area contributed by atoms with E-state index in [2.05, 4.69) is 5.32 Å². The topological polar surface area (TPSA) is 72.2 Å². The van der Waals surface area contributed by atoms with Gasteiger partial charge in [0, 0.05) is 6.54 Å². The summed E-state index contributed by atoms with van der Waals surface area (Å²) in [5.74, 6) is 0. The molecule has 6 heteroatoms. The largest absolute Gasteiger partial charge is 0.296 e. The summed E-state index contributed by atoms with van der Waals surface area (Å²) in [7, 11) is -3.55. The monoisotopic (exact) mass is 248 g/mol. The van der Waals surface area contributed by atoms with Crippen LogP contribution in [0, 0.1) is 0 Å². The van der Waals surface area contributed by atoms with Crippen molar-refractivity contribution in [2.24, 2.45) is 5.14 Å². The minimum Gasteiger partial charge on any atom is -0.296 e. The Kier molecular flexibility index (Phi) is 3.72. The lowest BCUT2D eigenvalue weighted by molar-refractivity contribution is 0.543. The van der Waals surface area contributed by atoms with Gasteiger partial charge in [-0.3, -0.25) is 5.32 Å². The Labute approximate surface area is 95.3 Å². The molecule has 1 aromatic carbocycles. The van der Waals surface area contributed by atoms with Crippen LogP contribution < -0.4 is 10.5 Å². The number of benzene rings is 1. The number of primary sulfonamides is 1. The summed E-state index contributed by atoms with van der Waals surface area (Å²) >= 11 is 0. The van der Waals surface area contributed by atoms with Gasteiger partial charge in [-0.25, -0.2) is 13.6 Å². The molecule has 1 atom stereocenters. The number of sulfonamides is 1. The van der Waals surface area contributed by atoms with Crippen molar-refractivity contribution in [1.29, 1.82) is 0 Å². The van der Waals surface area contributed by atoms with Crippen molar-refractivity contribution in [2.45, 2.75) is 11.8 Å². The summed E-state index contributed by atoms with van der Waals surface area (Å²) in [4.78, 5) is 0. The fraction of sp³-hybridized carbons (Fsp3) is 0.333. The van der Waals surface area contributed by atoms with Gasteiger partial charge >= 0.3 is 0 Å². The molecule has 0 saturated heterocycles. The van der Waals surface area contributed by atoms with E-state index in [0.29, 0.717) is 6.54 Å². The van der Waals surface area contributed by atoms with Crippen molar-refractivity contribution in [3.05, 3.63) is 35.4 Å². The molecule has 3 N–H and O–H groups in total. The molecule has 0 bridgehead atoms. The van der Waals surface area contributed by atoms with Crippen molar-refractivity contribution in [1.82, 2.24) is 5.32 Å². The van der Waals surface area contributed by atoms with Crippen molar-refractivity contribution in [3.8, 4) is 0 Å². The molecule has 84 valence electrons. The first kappa shape index (κ1) is 12.4. The molecule has 1 unspecified atom stereocenters. The van der Waals surface area contributed by atoms with Crippen LogP contribution >= 0.6 is 12.4 Å². The molecule has 1 aliphatic rings. The third-order valence-corrected chi connectivity index (χ3v) is 3.47. The van der Waals surface area contributed by atoms with Crippen LogP contribution in [-0.4, -0.2) is 15.0 Å². The molecule has 15 heavy (non-hydrogen) atoms. The lowest BCUT2D eigenvalue weighted by Crippen LogP contribution is -2.38. The first-order chi connectivity index (χ1) is 6.59. The van der Waals surface area contributed by atoms with Crippen LogP contribution in [0.2, 0.25) is 0 Å². The quantitative estimate of drug-likeness (QED) is 0.762. The van der Waals surface area contributed by atoms with Gasteiger partial charge in [0.15, 0.2) is 5.37 Å². The van der Waals surface area contributed by atoms with E-state index in [0.717, 1.165) is 17.5 Å². The molecule has 0 amide bonds. The smallest absolute Gasteiger partial charge is 0.229 e. The molecule has 1 aliphatic heterocycles. The zero-order chi connectivity index (χ0) is 10.2. The number of nitrogens with two attached hydrogens (primary N) is 1. The lowest BCUT2D eigenvalue weighted by atomic mass is 10.0. The van der Waals surface area contributed by atoms with Crippen LogP contribution in [0.5, 0.6) is 0 Å². The van der Waals surface area contributed by atoms with Crippen LogP contribution in [0.3, 0.4) is 0 Å². The molecule has 0 saturated carbocycles. The molecule has 1 heterocycles. The van der Waals surface area contributed by atoms with Gasteiger partial charge in [-0.15, -0.1) is 12.4 Å². The third-order valence-electron chi connectivity index (χ3n) is 2.39. The molecule has 0 aliphatic carbocycles. The maximum absolute atomic E-state index is 11.3. The second kappa shape index (κ2) is 4.49. The summed E-state index contributed by atoms with van der Waals surface area (Å²) < 4.78 is 22.5. The molecule has 0 spiro atoms. The zero-order valence-electron chi connectivity index (χ0n) is 8.01. The van der Waals surface area contributed by atoms with E-state index in [9.17, 15) is 8.42 Å². The normalized spacial score (nSPS) is 20.2. The maximum Gasteiger partial charge on any atom is 0.229 e. The Morgan fingerprint density at radius 2 is 2.00 bits per heavy atom. The van der Waals surface area contributed by atoms with Crippen LogP contribution in [0.25, 0.3) is 0 Å². The van der Waals surface area contributed by atoms with Crippen molar-refractivity contribution in [3.63, 3.8) is 0 Å². The summed E-state index contributed by atoms with van der Waals surface area (Å²) in [6.07, 6.45) is 0.849. The molecule has 1 aromatic rings. The summed E-state index contributed by atoms with van der Waals surface area (Å²) in [6, 6.07) is 7.47. The highest BCUT2D eigenvalue weighted by molar-refractivity contribution is 7.89. The Morgan fingerprint density at radius 1 is 1.33 bits per heavy atom. The lowest BCUT2D eigenvalue weighted by Gasteiger charge is -2.24. The summed E-state index contributed by atoms with van der Waals surface area (Å²) in [5, 5.41) is 7.29. The van der Waals surface area contributed by atoms with E-state index < -0.39 is 15.4 Å². The highest BCUT2D eigenvalue weighted by Crippen LogP contribution is 2.24. The predicted octanol–water partition coefficient (Wildman–Crippen LogP) is 0.541. The highest BCUT2D eigenvalue weighted by Gasteiger charge is 2.27. The summed E-state index contributed by atoms with van der Waals surface area (Å²) in [5.41, 5.74) is 1.84. The first-order valence-corrected chi connectivity index (χ1v) is 6.03. The van der Waals surface area contributed by atoms with Gasteiger partial charge in [-0.05, 0) is 17.5 Å². The Balaban J connectivity index is 0.00000112. The first-order valence-electron chi connectivity index (χ1n) is 4.42. The van der Waals surface area contributed by atoms with E-state index >= 15 is 0 Å². The van der Waals surface area contributed by atoms with Crippen LogP contribution in [0.4, 0.5) is 0 Å². The number of rotatable bonds is 1. The minimum atomic E-state index is -3.55. The standard InChI is InChI=1S/C9H12N2O2S.ClH/c10-14(12,13)9-8-4-2-1-3-7(8)5-6-11-9;/h1-4,9,11H,5-6H2,(H2,10,12,13);1H. The molecule has 0 fully saturated rings. The van der Waals surface area contributed by atoms with Gasteiger partial charge in [0.05, 0.1) is 0 Å². The van der Waals surface area contributed by atoms with Gasteiger partial charge in [0.1, 0.15) is 0 Å². The SMILES string of the molecule is Cl.NS(=O)(=O)C1NCCc2ccccc21. The number of halogens is 1. The van der Waals surface area contributed by atoms with Gasteiger partial charge in [0.25, 0.3) is 0 Å². The second-order valence-corrected chi connectivity index (χ2v) is 5.02. The highest BCUT2D eigenvalue weighted by atomic mass is 35.5. The average Bonchev–Trinajstić information content (AvgIpc) is 2.15. The van der Waals surface area contributed by atoms with E-state index in [-0.39, 0.29) is 12.4 Å². The average molecular weight is 249 g/mol. The predicted molar refractivity (Wildman–Crippen MR) is 61.2 cm³/mol. The van der Waals surface area contributed by atoms with Gasteiger partial charge < -0.3 is 0 Å². The molecular weight excluding hydrogens is 236 g/mol. The number of hydrogen-bond acceptors (Lipinski definition) is 3. The van der Waals surface area contributed by atoms with Crippen LogP contribution in [-0.2, 0) is 16.4 Å². The Morgan fingerprint density at radius 3 is 2.67 bits per heavy atom.